The molecule has 0 bridgehead atoms. The highest BCUT2D eigenvalue weighted by molar-refractivity contribution is 5.91. The number of nitrogens with one attached hydrogen (secondary N) is 2. The molecule has 6 N–H and O–H groups in total. The highest BCUT2D eigenvalue weighted by Gasteiger charge is 2.03. The molecule has 2 heterocycles. The van der Waals surface area contributed by atoms with Gasteiger partial charge in [0.1, 0.15) is 5.82 Å². The van der Waals surface area contributed by atoms with Gasteiger partial charge >= 0.3 is 11.9 Å². The van der Waals surface area contributed by atoms with E-state index in [0.29, 0.717) is 30.5 Å². The van der Waals surface area contributed by atoms with E-state index in [1.54, 1.807) is 11.0 Å². The molecule has 2 aromatic heterocycles. The lowest BCUT2D eigenvalue weighted by Crippen LogP contribution is -2.23. The number of hydrogen-bond acceptors (Lipinski definition) is 7. The number of hydrogen-bond donors (Lipinski definition) is 5. The Morgan fingerprint density at radius 1 is 1.31 bits per heavy atom. The maximum atomic E-state index is 9.55. The van der Waals surface area contributed by atoms with Gasteiger partial charge in [-0.15, -0.1) is 5.10 Å². The maximum absolute atomic E-state index is 9.55. The van der Waals surface area contributed by atoms with Crippen molar-refractivity contribution < 1.29 is 19.8 Å². The van der Waals surface area contributed by atoms with Gasteiger partial charge in [-0.3, -0.25) is 10.1 Å². The summed E-state index contributed by atoms with van der Waals surface area (Å²) in [6.07, 6.45) is 5.55. The van der Waals surface area contributed by atoms with Crippen LogP contribution in [-0.2, 0) is 22.6 Å². The van der Waals surface area contributed by atoms with Crippen LogP contribution >= 0.6 is 0 Å². The van der Waals surface area contributed by atoms with E-state index in [2.05, 4.69) is 35.7 Å². The normalized spacial score (nSPS) is 11.2. The second-order valence-electron chi connectivity index (χ2n) is 5.61. The Balaban J connectivity index is 0.000000447. The first-order valence-electron chi connectivity index (χ1n) is 8.79. The van der Waals surface area contributed by atoms with Gasteiger partial charge in [0.05, 0.1) is 12.7 Å². The summed E-state index contributed by atoms with van der Waals surface area (Å²) >= 11 is 0. The van der Waals surface area contributed by atoms with Crippen molar-refractivity contribution in [1.29, 1.82) is 0 Å². The van der Waals surface area contributed by atoms with Crippen molar-refractivity contribution >= 4 is 23.7 Å². The molecule has 158 valence electrons. The number of unbranched alkanes of at least 4 members (excludes halogenated alkanes) is 1. The minimum atomic E-state index is -1.26. The lowest BCUT2D eigenvalue weighted by atomic mass is 10.2. The molecular weight excluding hydrogens is 382 g/mol. The Morgan fingerprint density at radius 2 is 2.00 bits per heavy atom. The molecule has 0 aliphatic carbocycles. The third-order valence-corrected chi connectivity index (χ3v) is 3.14. The minimum Gasteiger partial charge on any atom is -0.478 e. The van der Waals surface area contributed by atoms with Crippen molar-refractivity contribution in [2.45, 2.75) is 39.7 Å². The number of guanidine groups is 1. The molecule has 2 rings (SSSR count). The number of aryl methyl sites for hydroxylation is 3. The number of aliphatic imine (C=N–C) groups is 1. The highest BCUT2D eigenvalue weighted by Crippen LogP contribution is 2.03. The molecule has 29 heavy (non-hydrogen) atoms. The number of nitrogens with two attached hydrogens (primary N) is 1. The van der Waals surface area contributed by atoms with Gasteiger partial charge in [0.25, 0.3) is 0 Å². The molecule has 0 saturated carbocycles. The average Bonchev–Trinajstić information content (AvgIpc) is 3.26. The van der Waals surface area contributed by atoms with Crippen LogP contribution in [0.3, 0.4) is 0 Å². The molecule has 2 aromatic rings. The van der Waals surface area contributed by atoms with Gasteiger partial charge in [0.2, 0.25) is 0 Å². The average molecular weight is 407 g/mol. The number of H-pyrrole nitrogens is 1. The second kappa shape index (κ2) is 12.6. The van der Waals surface area contributed by atoms with E-state index in [-0.39, 0.29) is 0 Å². The molecule has 0 aliphatic rings. The molecule has 0 aromatic carbocycles. The van der Waals surface area contributed by atoms with Gasteiger partial charge in [0, 0.05) is 25.1 Å². The number of carboxylic acid groups (broad SMARTS) is 2. The van der Waals surface area contributed by atoms with Crippen LogP contribution in [0.25, 0.3) is 0 Å². The summed E-state index contributed by atoms with van der Waals surface area (Å²) in [5.74, 6) is 0.145. The van der Waals surface area contributed by atoms with Crippen LogP contribution in [0.4, 0.5) is 5.82 Å². The smallest absolute Gasteiger partial charge is 0.328 e. The first-order chi connectivity index (χ1) is 13.8. The van der Waals surface area contributed by atoms with Crippen LogP contribution in [0.15, 0.2) is 23.3 Å². The molecule has 13 heteroatoms. The number of nitrogens with zero attached hydrogens (tertiary/aromatic N) is 6. The summed E-state index contributed by atoms with van der Waals surface area (Å²) in [6.45, 7) is 5.19. The van der Waals surface area contributed by atoms with Gasteiger partial charge in [0.15, 0.2) is 17.6 Å². The standard InChI is InChI=1S/C12H21N9.C4H4O4/c1-3-14-12(13)17-11-8-15-21(20-11)7-5-4-6-10-16-9(2)18-19-10;5-3(6)1-2-4(7)8/h8H,3-7H2,1-2H3,(H,16,18,19)(H3,13,14,17,20);1-2H,(H,5,6)(H,7,8). The number of aromatic amines is 1. The van der Waals surface area contributed by atoms with Crippen molar-refractivity contribution in [2.75, 3.05) is 11.9 Å². The number of anilines is 1. The van der Waals surface area contributed by atoms with Crippen molar-refractivity contribution in [1.82, 2.24) is 30.2 Å². The number of aromatic nitrogens is 6. The van der Waals surface area contributed by atoms with E-state index in [1.165, 1.54) is 0 Å². The third-order valence-electron chi connectivity index (χ3n) is 3.14. The fourth-order valence-electron chi connectivity index (χ4n) is 1.98. The Morgan fingerprint density at radius 3 is 2.55 bits per heavy atom. The van der Waals surface area contributed by atoms with E-state index >= 15 is 0 Å². The number of aliphatic carboxylic acids is 2. The van der Waals surface area contributed by atoms with Crippen LogP contribution in [0.5, 0.6) is 0 Å². The predicted molar refractivity (Wildman–Crippen MR) is 104 cm³/mol. The Hall–Kier alpha value is -3.77. The van der Waals surface area contributed by atoms with Crippen LogP contribution in [-0.4, -0.2) is 64.8 Å². The topological polar surface area (TPSA) is 197 Å². The maximum Gasteiger partial charge on any atom is 0.328 e. The van der Waals surface area contributed by atoms with Crippen LogP contribution in [0, 0.1) is 6.92 Å². The Kier molecular flexibility index (Phi) is 10.1. The molecule has 0 radical (unpaired) electrons. The van der Waals surface area contributed by atoms with E-state index in [4.69, 9.17) is 15.9 Å². The summed E-state index contributed by atoms with van der Waals surface area (Å²) in [7, 11) is 0. The zero-order chi connectivity index (χ0) is 21.6. The fraction of sp³-hybridized carbons (Fsp3) is 0.438. The van der Waals surface area contributed by atoms with Crippen LogP contribution < -0.4 is 11.1 Å². The fourth-order valence-corrected chi connectivity index (χ4v) is 1.98. The Labute approximate surface area is 166 Å². The van der Waals surface area contributed by atoms with Crippen molar-refractivity contribution in [3.8, 4) is 0 Å². The number of rotatable bonds is 9. The molecule has 13 nitrogen and oxygen atoms in total. The van der Waals surface area contributed by atoms with E-state index in [9.17, 15) is 9.59 Å². The first-order valence-corrected chi connectivity index (χ1v) is 8.79. The molecule has 0 amide bonds. The van der Waals surface area contributed by atoms with Gasteiger partial charge in [-0.05, 0) is 26.7 Å². The van der Waals surface area contributed by atoms with Gasteiger partial charge in [-0.1, -0.05) is 0 Å². The largest absolute Gasteiger partial charge is 0.478 e. The zero-order valence-electron chi connectivity index (χ0n) is 16.2. The third kappa shape index (κ3) is 10.8. The number of carboxylic acids is 2. The molecule has 0 spiro atoms. The Bertz CT molecular complexity index is 825. The van der Waals surface area contributed by atoms with E-state index < -0.39 is 11.9 Å². The highest BCUT2D eigenvalue weighted by atomic mass is 16.4. The summed E-state index contributed by atoms with van der Waals surface area (Å²) in [5, 5.41) is 33.9. The SMILES string of the molecule is CCN=C(N)Nc1cnn(CCCCc2n[nH]c(C)n2)n1.O=C(O)C=CC(=O)O. The molecule has 0 fully saturated rings. The summed E-state index contributed by atoms with van der Waals surface area (Å²) in [6, 6.07) is 0. The number of carbonyl (C=O) groups is 2. The summed E-state index contributed by atoms with van der Waals surface area (Å²) in [5.41, 5.74) is 5.66. The quantitative estimate of drug-likeness (QED) is 0.165. The molecular formula is C16H25N9O4. The van der Waals surface area contributed by atoms with Crippen molar-refractivity contribution in [2.24, 2.45) is 10.7 Å². The van der Waals surface area contributed by atoms with E-state index in [0.717, 1.165) is 37.5 Å². The van der Waals surface area contributed by atoms with Gasteiger partial charge in [-0.25, -0.2) is 14.6 Å². The summed E-state index contributed by atoms with van der Waals surface area (Å²) in [4.78, 5) is 29.0. The first kappa shape index (κ1) is 23.3. The molecule has 0 atom stereocenters. The van der Waals surface area contributed by atoms with Crippen LogP contribution in [0.2, 0.25) is 0 Å². The lowest BCUT2D eigenvalue weighted by Gasteiger charge is -2.00. The van der Waals surface area contributed by atoms with Gasteiger partial charge in [-0.2, -0.15) is 15.0 Å². The predicted octanol–water partition coefficient (Wildman–Crippen LogP) is 0.186. The van der Waals surface area contributed by atoms with Crippen molar-refractivity contribution in [3.05, 3.63) is 30.0 Å². The second-order valence-corrected chi connectivity index (χ2v) is 5.61. The lowest BCUT2D eigenvalue weighted by molar-refractivity contribution is -0.134. The molecule has 0 saturated heterocycles. The van der Waals surface area contributed by atoms with Gasteiger partial charge < -0.3 is 21.3 Å². The molecule has 0 unspecified atom stereocenters. The van der Waals surface area contributed by atoms with E-state index in [1.807, 2.05) is 13.8 Å². The monoisotopic (exact) mass is 407 g/mol. The zero-order valence-corrected chi connectivity index (χ0v) is 16.2. The molecule has 0 aliphatic heterocycles. The van der Waals surface area contributed by atoms with Crippen LogP contribution in [0.1, 0.15) is 31.4 Å². The summed E-state index contributed by atoms with van der Waals surface area (Å²) < 4.78 is 0. The van der Waals surface area contributed by atoms with Crippen molar-refractivity contribution in [3.63, 3.8) is 0 Å². The minimum absolute atomic E-state index is 0.351.